The number of ketones is 1. The molecule has 0 atom stereocenters. The van der Waals surface area contributed by atoms with Crippen LogP contribution in [0, 0.1) is 13.8 Å². The first-order valence-corrected chi connectivity index (χ1v) is 7.00. The number of hydrogen-bond donors (Lipinski definition) is 0. The molecule has 0 aliphatic carbocycles. The van der Waals surface area contributed by atoms with Gasteiger partial charge in [-0.15, -0.1) is 11.3 Å². The van der Waals surface area contributed by atoms with Crippen LogP contribution in [0.5, 0.6) is 5.75 Å². The van der Waals surface area contributed by atoms with Crippen LogP contribution >= 0.6 is 11.3 Å². The minimum absolute atomic E-state index is 0.0439. The van der Waals surface area contributed by atoms with Gasteiger partial charge in [-0.1, -0.05) is 6.92 Å². The number of aromatic nitrogens is 2. The molecule has 0 aliphatic rings. The minimum Gasteiger partial charge on any atom is -0.492 e. The summed E-state index contributed by atoms with van der Waals surface area (Å²) in [5, 5.41) is 0.896. The van der Waals surface area contributed by atoms with Crippen molar-refractivity contribution in [2.75, 3.05) is 6.61 Å². The van der Waals surface area contributed by atoms with E-state index in [0.29, 0.717) is 22.8 Å². The molecule has 0 aliphatic heterocycles. The number of hydrogen-bond acceptors (Lipinski definition) is 5. The van der Waals surface area contributed by atoms with Crippen molar-refractivity contribution in [3.8, 4) is 5.75 Å². The van der Waals surface area contributed by atoms with Gasteiger partial charge in [-0.25, -0.2) is 4.98 Å². The zero-order chi connectivity index (χ0) is 13.8. The van der Waals surface area contributed by atoms with Crippen LogP contribution in [0.2, 0.25) is 0 Å². The van der Waals surface area contributed by atoms with Gasteiger partial charge >= 0.3 is 0 Å². The highest BCUT2D eigenvalue weighted by Crippen LogP contribution is 2.22. The van der Waals surface area contributed by atoms with Gasteiger partial charge in [0.05, 0.1) is 28.4 Å². The summed E-state index contributed by atoms with van der Waals surface area (Å²) in [6.45, 7) is 6.40. The normalized spacial score (nSPS) is 10.5. The summed E-state index contributed by atoms with van der Waals surface area (Å²) >= 11 is 1.41. The average Bonchev–Trinajstić information content (AvgIpc) is 2.75. The van der Waals surface area contributed by atoms with Crippen LogP contribution in [0.4, 0.5) is 0 Å². The maximum atomic E-state index is 12.4. The topological polar surface area (TPSA) is 52.1 Å². The van der Waals surface area contributed by atoms with Crippen LogP contribution < -0.4 is 4.74 Å². The highest BCUT2D eigenvalue weighted by molar-refractivity contribution is 7.14. The largest absolute Gasteiger partial charge is 0.492 e. The van der Waals surface area contributed by atoms with Gasteiger partial charge in [-0.2, -0.15) is 0 Å². The van der Waals surface area contributed by atoms with E-state index in [1.165, 1.54) is 11.3 Å². The standard InChI is InChI=1S/C14H16N2O2S/c1-4-5-18-12-6-11(7-15-8-12)13(17)14-9(2)16-10(3)19-14/h6-8H,4-5H2,1-3H3. The fraction of sp³-hybridized carbons (Fsp3) is 0.357. The summed E-state index contributed by atoms with van der Waals surface area (Å²) in [6.07, 6.45) is 4.11. The molecule has 2 heterocycles. The van der Waals surface area contributed by atoms with E-state index in [1.807, 2.05) is 20.8 Å². The van der Waals surface area contributed by atoms with E-state index in [1.54, 1.807) is 18.5 Å². The summed E-state index contributed by atoms with van der Waals surface area (Å²) in [5.74, 6) is 0.587. The van der Waals surface area contributed by atoms with Crippen molar-refractivity contribution in [3.63, 3.8) is 0 Å². The zero-order valence-electron chi connectivity index (χ0n) is 11.3. The van der Waals surface area contributed by atoms with E-state index in [9.17, 15) is 4.79 Å². The van der Waals surface area contributed by atoms with E-state index in [4.69, 9.17) is 4.74 Å². The van der Waals surface area contributed by atoms with Crippen molar-refractivity contribution >= 4 is 17.1 Å². The van der Waals surface area contributed by atoms with Crippen LogP contribution in [0.25, 0.3) is 0 Å². The molecule has 0 radical (unpaired) electrons. The van der Waals surface area contributed by atoms with Crippen molar-refractivity contribution in [1.82, 2.24) is 9.97 Å². The van der Waals surface area contributed by atoms with E-state index in [0.717, 1.165) is 17.1 Å². The van der Waals surface area contributed by atoms with Gasteiger partial charge in [-0.3, -0.25) is 9.78 Å². The Morgan fingerprint density at radius 3 is 2.79 bits per heavy atom. The molecule has 2 aromatic heterocycles. The van der Waals surface area contributed by atoms with Crippen molar-refractivity contribution in [2.24, 2.45) is 0 Å². The lowest BCUT2D eigenvalue weighted by atomic mass is 10.1. The van der Waals surface area contributed by atoms with Crippen LogP contribution in [-0.2, 0) is 0 Å². The molecule has 0 fully saturated rings. The monoisotopic (exact) mass is 276 g/mol. The summed E-state index contributed by atoms with van der Waals surface area (Å²) in [7, 11) is 0. The molecule has 0 N–H and O–H groups in total. The molecule has 19 heavy (non-hydrogen) atoms. The Balaban J connectivity index is 2.26. The van der Waals surface area contributed by atoms with Gasteiger partial charge in [0.25, 0.3) is 0 Å². The number of ether oxygens (including phenoxy) is 1. The Labute approximate surface area is 116 Å². The number of pyridine rings is 1. The van der Waals surface area contributed by atoms with E-state index in [2.05, 4.69) is 9.97 Å². The van der Waals surface area contributed by atoms with Crippen molar-refractivity contribution in [2.45, 2.75) is 27.2 Å². The van der Waals surface area contributed by atoms with E-state index in [-0.39, 0.29) is 5.78 Å². The molecule has 4 nitrogen and oxygen atoms in total. The SMILES string of the molecule is CCCOc1cncc(C(=O)c2sc(C)nc2C)c1. The number of nitrogens with zero attached hydrogens (tertiary/aromatic N) is 2. The average molecular weight is 276 g/mol. The van der Waals surface area contributed by atoms with Gasteiger partial charge in [0.2, 0.25) is 5.78 Å². The smallest absolute Gasteiger partial charge is 0.206 e. The predicted molar refractivity (Wildman–Crippen MR) is 75.0 cm³/mol. The molecule has 0 spiro atoms. The second-order valence-electron chi connectivity index (χ2n) is 4.23. The third kappa shape index (κ3) is 3.17. The van der Waals surface area contributed by atoms with Gasteiger partial charge in [-0.05, 0) is 26.3 Å². The van der Waals surface area contributed by atoms with Crippen LogP contribution in [-0.4, -0.2) is 22.4 Å². The van der Waals surface area contributed by atoms with Crippen molar-refractivity contribution in [1.29, 1.82) is 0 Å². The van der Waals surface area contributed by atoms with Gasteiger partial charge in [0.1, 0.15) is 5.75 Å². The molecule has 2 rings (SSSR count). The second-order valence-corrected chi connectivity index (χ2v) is 5.44. The summed E-state index contributed by atoms with van der Waals surface area (Å²) in [6, 6.07) is 1.74. The third-order valence-corrected chi connectivity index (χ3v) is 3.63. The zero-order valence-corrected chi connectivity index (χ0v) is 12.1. The number of thiazole rings is 1. The molecular formula is C14H16N2O2S. The molecule has 0 saturated carbocycles. The van der Waals surface area contributed by atoms with Gasteiger partial charge < -0.3 is 4.74 Å². The highest BCUT2D eigenvalue weighted by Gasteiger charge is 2.16. The Morgan fingerprint density at radius 1 is 1.37 bits per heavy atom. The first-order valence-electron chi connectivity index (χ1n) is 6.18. The fourth-order valence-electron chi connectivity index (χ4n) is 1.71. The summed E-state index contributed by atoms with van der Waals surface area (Å²) in [4.78, 5) is 21.4. The second kappa shape index (κ2) is 5.93. The summed E-state index contributed by atoms with van der Waals surface area (Å²) < 4.78 is 5.49. The molecule has 2 aromatic rings. The highest BCUT2D eigenvalue weighted by atomic mass is 32.1. The predicted octanol–water partition coefficient (Wildman–Crippen LogP) is 3.17. The van der Waals surface area contributed by atoms with Crippen molar-refractivity contribution in [3.05, 3.63) is 39.6 Å². The van der Waals surface area contributed by atoms with Gasteiger partial charge in [0.15, 0.2) is 0 Å². The Hall–Kier alpha value is -1.75. The molecule has 5 heteroatoms. The van der Waals surface area contributed by atoms with Gasteiger partial charge in [0, 0.05) is 11.8 Å². The first-order chi connectivity index (χ1) is 9.11. The quantitative estimate of drug-likeness (QED) is 0.787. The lowest BCUT2D eigenvalue weighted by Gasteiger charge is -2.05. The van der Waals surface area contributed by atoms with E-state index >= 15 is 0 Å². The molecule has 0 amide bonds. The maximum absolute atomic E-state index is 12.4. The Bertz CT molecular complexity index is 593. The van der Waals surface area contributed by atoms with Crippen LogP contribution in [0.1, 0.15) is 39.3 Å². The van der Waals surface area contributed by atoms with Crippen molar-refractivity contribution < 1.29 is 9.53 Å². The lowest BCUT2D eigenvalue weighted by molar-refractivity contribution is 0.104. The molecule has 0 bridgehead atoms. The molecule has 0 unspecified atom stereocenters. The van der Waals surface area contributed by atoms with E-state index < -0.39 is 0 Å². The minimum atomic E-state index is -0.0439. The number of rotatable bonds is 5. The fourth-order valence-corrected chi connectivity index (χ4v) is 2.60. The third-order valence-electron chi connectivity index (χ3n) is 2.56. The Morgan fingerprint density at radius 2 is 2.16 bits per heavy atom. The lowest BCUT2D eigenvalue weighted by Crippen LogP contribution is -2.03. The number of carbonyl (C=O) groups excluding carboxylic acids is 1. The number of aryl methyl sites for hydroxylation is 2. The Kier molecular flexibility index (Phi) is 4.27. The first kappa shape index (κ1) is 13.7. The van der Waals surface area contributed by atoms with Crippen LogP contribution in [0.3, 0.4) is 0 Å². The van der Waals surface area contributed by atoms with Crippen LogP contribution in [0.15, 0.2) is 18.5 Å². The summed E-state index contributed by atoms with van der Waals surface area (Å²) in [5.41, 5.74) is 1.31. The molecule has 0 aromatic carbocycles. The maximum Gasteiger partial charge on any atom is 0.206 e. The molecule has 100 valence electrons. The molecule has 0 saturated heterocycles. The number of carbonyl (C=O) groups is 1. The molecular weight excluding hydrogens is 260 g/mol.